The van der Waals surface area contributed by atoms with E-state index in [2.05, 4.69) is 27.7 Å². The third-order valence-corrected chi connectivity index (χ3v) is 10.5. The van der Waals surface area contributed by atoms with Crippen LogP contribution in [-0.2, 0) is 13.3 Å². The lowest BCUT2D eigenvalue weighted by Gasteiger charge is -2.49. The molecule has 1 unspecified atom stereocenters. The Bertz CT molecular complexity index is 367. The first-order valence-corrected chi connectivity index (χ1v) is 15.4. The van der Waals surface area contributed by atoms with Crippen molar-refractivity contribution in [3.63, 3.8) is 0 Å². The van der Waals surface area contributed by atoms with Crippen molar-refractivity contribution >= 4 is 8.80 Å². The molecule has 0 bridgehead atoms. The first kappa shape index (κ1) is 34.7. The van der Waals surface area contributed by atoms with Crippen molar-refractivity contribution in [2.75, 3.05) is 41.0 Å². The SMILES string of the molecule is CCCCCCCCCCC([N+](CCCC)(CCCC)CCCC)[Si](OC)(OC)OC.[Br-]. The van der Waals surface area contributed by atoms with Crippen LogP contribution < -0.4 is 17.0 Å². The third kappa shape index (κ3) is 12.3. The number of halogens is 1. The number of rotatable bonds is 23. The van der Waals surface area contributed by atoms with Crippen LogP contribution in [0.2, 0.25) is 0 Å². The molecule has 1 atom stereocenters. The predicted molar refractivity (Wildman–Crippen MR) is 137 cm³/mol. The Kier molecular flexibility index (Phi) is 23.9. The van der Waals surface area contributed by atoms with E-state index in [9.17, 15) is 0 Å². The quantitative estimate of drug-likeness (QED) is 0.108. The molecule has 0 aliphatic heterocycles. The summed E-state index contributed by atoms with van der Waals surface area (Å²) in [6, 6.07) is 0. The number of quaternary nitrogens is 1. The van der Waals surface area contributed by atoms with Crippen LogP contribution in [0.5, 0.6) is 0 Å². The summed E-state index contributed by atoms with van der Waals surface area (Å²) in [5, 5.41) is 0. The normalized spacial score (nSPS) is 13.2. The van der Waals surface area contributed by atoms with Gasteiger partial charge in [0.2, 0.25) is 0 Å². The average molecular weight is 541 g/mol. The maximum absolute atomic E-state index is 6.15. The van der Waals surface area contributed by atoms with Crippen molar-refractivity contribution < 1.29 is 34.7 Å². The molecule has 4 nitrogen and oxygen atoms in total. The molecule has 0 rings (SSSR count). The van der Waals surface area contributed by atoms with Crippen molar-refractivity contribution in [2.24, 2.45) is 0 Å². The highest BCUT2D eigenvalue weighted by Crippen LogP contribution is 2.32. The monoisotopic (exact) mass is 539 g/mol. The molecule has 0 aromatic rings. The molecule has 0 aliphatic carbocycles. The van der Waals surface area contributed by atoms with Gasteiger partial charge in [0, 0.05) is 27.8 Å². The van der Waals surface area contributed by atoms with Crippen molar-refractivity contribution in [3.8, 4) is 0 Å². The average Bonchev–Trinajstić information content (AvgIpc) is 2.80. The smallest absolute Gasteiger partial charge is 0.561 e. The van der Waals surface area contributed by atoms with Crippen LogP contribution in [-0.4, -0.2) is 59.9 Å². The fourth-order valence-corrected chi connectivity index (χ4v) is 8.07. The number of nitrogens with zero attached hydrogens (tertiary/aromatic N) is 1. The molecule has 0 aromatic carbocycles. The molecule has 0 spiro atoms. The molecule has 0 heterocycles. The zero-order valence-electron chi connectivity index (χ0n) is 22.9. The maximum atomic E-state index is 6.15. The summed E-state index contributed by atoms with van der Waals surface area (Å²) in [7, 11) is 2.69. The van der Waals surface area contributed by atoms with Crippen LogP contribution in [0, 0.1) is 0 Å². The van der Waals surface area contributed by atoms with E-state index in [1.807, 2.05) is 21.3 Å². The van der Waals surface area contributed by atoms with Crippen molar-refractivity contribution in [1.82, 2.24) is 0 Å². The van der Waals surface area contributed by atoms with Gasteiger partial charge in [0.15, 0.2) is 5.67 Å². The summed E-state index contributed by atoms with van der Waals surface area (Å²) < 4.78 is 19.6. The molecule has 6 heteroatoms. The molecule has 0 aliphatic rings. The van der Waals surface area contributed by atoms with Crippen LogP contribution in [0.1, 0.15) is 124 Å². The van der Waals surface area contributed by atoms with E-state index in [-0.39, 0.29) is 17.0 Å². The molecule has 0 radical (unpaired) electrons. The van der Waals surface area contributed by atoms with E-state index in [4.69, 9.17) is 13.3 Å². The summed E-state index contributed by atoms with van der Waals surface area (Å²) in [6.45, 7) is 12.9. The van der Waals surface area contributed by atoms with Gasteiger partial charge in [-0.3, -0.25) is 0 Å². The first-order valence-electron chi connectivity index (χ1n) is 13.6. The fourth-order valence-electron chi connectivity index (χ4n) is 5.14. The van der Waals surface area contributed by atoms with Gasteiger partial charge >= 0.3 is 8.80 Å². The van der Waals surface area contributed by atoms with Gasteiger partial charge in [0.25, 0.3) is 0 Å². The lowest BCUT2D eigenvalue weighted by atomic mass is 10.1. The van der Waals surface area contributed by atoms with Gasteiger partial charge < -0.3 is 34.7 Å². The Hall–Kier alpha value is 0.537. The largest absolute Gasteiger partial charge is 1.00 e. The molecule has 196 valence electrons. The minimum absolute atomic E-state index is 0. The zero-order valence-corrected chi connectivity index (χ0v) is 25.4. The van der Waals surface area contributed by atoms with Crippen LogP contribution in [0.3, 0.4) is 0 Å². The van der Waals surface area contributed by atoms with Gasteiger partial charge in [-0.15, -0.1) is 0 Å². The molecule has 32 heavy (non-hydrogen) atoms. The standard InChI is InChI=1S/C26H58NO3Si.BrH/c1-8-12-16-17-18-19-20-21-22-26(31(28-5,29-6)30-7)27(23-13-9-2,24-14-10-3)25-15-11-4;/h26H,8-25H2,1-7H3;1H/q+1;/p-1. The molecule has 0 saturated heterocycles. The van der Waals surface area contributed by atoms with E-state index >= 15 is 0 Å². The van der Waals surface area contributed by atoms with Gasteiger partial charge in [0.05, 0.1) is 19.6 Å². The minimum atomic E-state index is -2.75. The topological polar surface area (TPSA) is 27.7 Å². The molecular weight excluding hydrogens is 482 g/mol. The van der Waals surface area contributed by atoms with Gasteiger partial charge in [-0.05, 0) is 25.7 Å². The van der Waals surface area contributed by atoms with E-state index in [1.54, 1.807) is 0 Å². The predicted octanol–water partition coefficient (Wildman–Crippen LogP) is 4.52. The van der Waals surface area contributed by atoms with E-state index in [0.29, 0.717) is 5.67 Å². The minimum Gasteiger partial charge on any atom is -1.00 e. The number of hydrogen-bond donors (Lipinski definition) is 0. The summed E-state index contributed by atoms with van der Waals surface area (Å²) in [5.74, 6) is 0. The van der Waals surface area contributed by atoms with Gasteiger partial charge in [-0.2, -0.15) is 0 Å². The van der Waals surface area contributed by atoms with Crippen molar-refractivity contribution in [3.05, 3.63) is 0 Å². The Balaban J connectivity index is 0. The zero-order chi connectivity index (χ0) is 23.4. The van der Waals surface area contributed by atoms with Gasteiger partial charge in [-0.1, -0.05) is 91.9 Å². The summed E-state index contributed by atoms with van der Waals surface area (Å²) in [4.78, 5) is 0. The second-order valence-corrected chi connectivity index (χ2v) is 12.5. The van der Waals surface area contributed by atoms with Crippen LogP contribution >= 0.6 is 0 Å². The van der Waals surface area contributed by atoms with Crippen LogP contribution in [0.4, 0.5) is 0 Å². The van der Waals surface area contributed by atoms with E-state index < -0.39 is 8.80 Å². The Morgan fingerprint density at radius 2 is 0.875 bits per heavy atom. The molecule has 0 aromatic heterocycles. The van der Waals surface area contributed by atoms with Gasteiger partial charge in [0.1, 0.15) is 0 Å². The van der Waals surface area contributed by atoms with E-state index in [1.165, 1.54) is 110 Å². The second kappa shape index (κ2) is 22.0. The van der Waals surface area contributed by atoms with Crippen LogP contribution in [0.15, 0.2) is 0 Å². The summed E-state index contributed by atoms with van der Waals surface area (Å²) in [6.07, 6.45) is 19.5. The highest BCUT2D eigenvalue weighted by atomic mass is 79.9. The second-order valence-electron chi connectivity index (χ2n) is 9.45. The Morgan fingerprint density at radius 3 is 1.22 bits per heavy atom. The fraction of sp³-hybridized carbons (Fsp3) is 1.00. The number of hydrogen-bond acceptors (Lipinski definition) is 3. The lowest BCUT2D eigenvalue weighted by molar-refractivity contribution is -0.944. The summed E-state index contributed by atoms with van der Waals surface area (Å²) in [5.41, 5.74) is 0.345. The lowest BCUT2D eigenvalue weighted by Crippen LogP contribution is -3.00. The molecule has 0 amide bonds. The molecule has 0 N–H and O–H groups in total. The van der Waals surface area contributed by atoms with Crippen molar-refractivity contribution in [2.45, 2.75) is 130 Å². The number of unbranched alkanes of at least 4 members (excludes halogenated alkanes) is 10. The maximum Gasteiger partial charge on any atom is 0.561 e. The molecule has 0 saturated carbocycles. The van der Waals surface area contributed by atoms with E-state index in [0.717, 1.165) is 10.9 Å². The highest BCUT2D eigenvalue weighted by molar-refractivity contribution is 6.62. The molecule has 0 fully saturated rings. The van der Waals surface area contributed by atoms with Gasteiger partial charge in [-0.25, -0.2) is 0 Å². The molecular formula is C26H58BrNO3Si. The first-order chi connectivity index (χ1) is 15.1. The third-order valence-electron chi connectivity index (χ3n) is 7.12. The summed E-state index contributed by atoms with van der Waals surface area (Å²) >= 11 is 0. The highest BCUT2D eigenvalue weighted by Gasteiger charge is 2.58. The van der Waals surface area contributed by atoms with Crippen molar-refractivity contribution in [1.29, 1.82) is 0 Å². The Labute approximate surface area is 213 Å². The van der Waals surface area contributed by atoms with Crippen LogP contribution in [0.25, 0.3) is 0 Å². The Morgan fingerprint density at radius 1 is 0.531 bits per heavy atom.